The third-order valence-corrected chi connectivity index (χ3v) is 5.51. The Labute approximate surface area is 168 Å². The number of nitrogens with zero attached hydrogens (tertiary/aromatic N) is 3. The van der Waals surface area contributed by atoms with Gasteiger partial charge in [-0.25, -0.2) is 4.68 Å². The van der Waals surface area contributed by atoms with Crippen LogP contribution in [-0.4, -0.2) is 17.4 Å². The van der Waals surface area contributed by atoms with Crippen LogP contribution in [0.2, 0.25) is 0 Å². The van der Waals surface area contributed by atoms with Crippen LogP contribution in [-0.2, 0) is 0 Å². The van der Waals surface area contributed by atoms with Crippen LogP contribution in [0, 0.1) is 0 Å². The van der Waals surface area contributed by atoms with E-state index in [4.69, 9.17) is 4.42 Å². The molecule has 2 aromatic heterocycles. The van der Waals surface area contributed by atoms with Crippen LogP contribution in [0.25, 0.3) is 22.4 Å². The van der Waals surface area contributed by atoms with Crippen molar-refractivity contribution in [3.8, 4) is 11.5 Å². The van der Waals surface area contributed by atoms with Gasteiger partial charge in [-0.1, -0.05) is 58.4 Å². The van der Waals surface area contributed by atoms with Gasteiger partial charge in [-0.05, 0) is 18.2 Å². The highest BCUT2D eigenvalue weighted by Gasteiger charge is 2.12. The van der Waals surface area contributed by atoms with Crippen molar-refractivity contribution in [3.05, 3.63) is 87.5 Å². The lowest BCUT2D eigenvalue weighted by Gasteiger charge is -2.01. The van der Waals surface area contributed by atoms with E-state index < -0.39 is 0 Å². The highest BCUT2D eigenvalue weighted by atomic mass is 79.9. The van der Waals surface area contributed by atoms with Gasteiger partial charge in [0.1, 0.15) is 11.3 Å². The topological polar surface area (TPSA) is 42.8 Å². The zero-order chi connectivity index (χ0) is 18.6. The van der Waals surface area contributed by atoms with Gasteiger partial charge in [-0.3, -0.25) is 4.99 Å². The molecule has 6 heteroatoms. The van der Waals surface area contributed by atoms with E-state index in [1.807, 2.05) is 70.9 Å². The average Bonchev–Trinajstić information content (AvgIpc) is 3.29. The molecule has 0 saturated heterocycles. The summed E-state index contributed by atoms with van der Waals surface area (Å²) in [5.74, 6) is 0.761. The first-order valence-corrected chi connectivity index (χ1v) is 10.0. The summed E-state index contributed by atoms with van der Waals surface area (Å²) in [6.07, 6.45) is 3.58. The smallest absolute Gasteiger partial charge is 0.206 e. The van der Waals surface area contributed by atoms with E-state index in [9.17, 15) is 0 Å². The quantitative estimate of drug-likeness (QED) is 0.291. The van der Waals surface area contributed by atoms with Crippen molar-refractivity contribution in [3.63, 3.8) is 0 Å². The Morgan fingerprint density at radius 2 is 1.96 bits per heavy atom. The van der Waals surface area contributed by atoms with Crippen molar-refractivity contribution in [2.45, 2.75) is 0 Å². The molecule has 0 atom stereocenters. The van der Waals surface area contributed by atoms with Crippen LogP contribution in [0.4, 0.5) is 0 Å². The van der Waals surface area contributed by atoms with Crippen LogP contribution in [0.3, 0.4) is 0 Å². The molecule has 0 aliphatic heterocycles. The Morgan fingerprint density at radius 1 is 1.15 bits per heavy atom. The number of aromatic nitrogens is 1. The maximum absolute atomic E-state index is 6.03. The maximum atomic E-state index is 6.03. The summed E-state index contributed by atoms with van der Waals surface area (Å²) in [6, 6.07) is 17.9. The van der Waals surface area contributed by atoms with Gasteiger partial charge >= 0.3 is 0 Å². The molecule has 0 unspecified atom stereocenters. The standard InChI is InChI=1S/C21H16BrN3OS/c1-2-11-23-21-25(24-13-16-8-3-5-9-17(16)22)18(14-27-21)20-12-15-7-4-6-10-19(15)26-20/h2-10,12-14H,1,11H2/b23-21?,24-13+. The molecule has 4 rings (SSSR count). The summed E-state index contributed by atoms with van der Waals surface area (Å²) >= 11 is 5.08. The number of halogens is 1. The van der Waals surface area contributed by atoms with E-state index in [1.165, 1.54) is 11.3 Å². The largest absolute Gasteiger partial charge is 0.454 e. The number of furan rings is 1. The number of para-hydroxylation sites is 1. The Bertz CT molecular complexity index is 1170. The van der Waals surface area contributed by atoms with E-state index in [0.717, 1.165) is 37.3 Å². The van der Waals surface area contributed by atoms with Gasteiger partial charge in [-0.15, -0.1) is 17.9 Å². The lowest BCUT2D eigenvalue weighted by atomic mass is 10.2. The van der Waals surface area contributed by atoms with Crippen molar-refractivity contribution < 1.29 is 4.42 Å². The number of rotatable bonds is 5. The Morgan fingerprint density at radius 3 is 2.78 bits per heavy atom. The lowest BCUT2D eigenvalue weighted by molar-refractivity contribution is 0.621. The molecule has 0 amide bonds. The molecule has 0 bridgehead atoms. The molecule has 2 heterocycles. The highest BCUT2D eigenvalue weighted by Crippen LogP contribution is 2.28. The minimum atomic E-state index is 0.532. The molecule has 0 aliphatic carbocycles. The van der Waals surface area contributed by atoms with Crippen LogP contribution < -0.4 is 4.80 Å². The Hall–Kier alpha value is -2.70. The maximum Gasteiger partial charge on any atom is 0.206 e. The zero-order valence-electron chi connectivity index (χ0n) is 14.4. The lowest BCUT2D eigenvalue weighted by Crippen LogP contribution is -2.12. The summed E-state index contributed by atoms with van der Waals surface area (Å²) in [6.45, 7) is 4.28. The third kappa shape index (κ3) is 3.72. The van der Waals surface area contributed by atoms with Gasteiger partial charge in [0.2, 0.25) is 4.80 Å². The fraction of sp³-hybridized carbons (Fsp3) is 0.0476. The molecule has 4 nitrogen and oxygen atoms in total. The van der Waals surface area contributed by atoms with E-state index in [-0.39, 0.29) is 0 Å². The fourth-order valence-corrected chi connectivity index (χ4v) is 3.85. The number of thiazole rings is 1. The predicted octanol–water partition coefficient (Wildman–Crippen LogP) is 5.69. The number of hydrogen-bond acceptors (Lipinski definition) is 4. The molecule has 0 N–H and O–H groups in total. The molecule has 0 saturated carbocycles. The summed E-state index contributed by atoms with van der Waals surface area (Å²) in [5, 5.41) is 7.75. The first-order chi connectivity index (χ1) is 13.3. The van der Waals surface area contributed by atoms with E-state index in [1.54, 1.807) is 6.08 Å². The van der Waals surface area contributed by atoms with Crippen molar-refractivity contribution in [1.82, 2.24) is 4.68 Å². The molecule has 0 radical (unpaired) electrons. The normalized spacial score (nSPS) is 12.3. The van der Waals surface area contributed by atoms with E-state index >= 15 is 0 Å². The molecule has 0 aliphatic rings. The van der Waals surface area contributed by atoms with Crippen LogP contribution in [0.1, 0.15) is 5.56 Å². The minimum absolute atomic E-state index is 0.532. The summed E-state index contributed by atoms with van der Waals surface area (Å²) in [5.41, 5.74) is 2.70. The van der Waals surface area contributed by atoms with E-state index in [2.05, 4.69) is 32.6 Å². The van der Waals surface area contributed by atoms with Gasteiger partial charge in [0.25, 0.3) is 0 Å². The van der Waals surface area contributed by atoms with Crippen LogP contribution in [0.15, 0.2) is 91.6 Å². The van der Waals surface area contributed by atoms with Crippen LogP contribution in [0.5, 0.6) is 0 Å². The van der Waals surface area contributed by atoms with Crippen molar-refractivity contribution >= 4 is 44.5 Å². The monoisotopic (exact) mass is 437 g/mol. The second-order valence-electron chi connectivity index (χ2n) is 5.76. The van der Waals surface area contributed by atoms with Crippen molar-refractivity contribution in [2.24, 2.45) is 10.1 Å². The second-order valence-corrected chi connectivity index (χ2v) is 7.45. The van der Waals surface area contributed by atoms with Gasteiger partial charge < -0.3 is 4.42 Å². The Balaban J connectivity index is 1.84. The van der Waals surface area contributed by atoms with Crippen molar-refractivity contribution in [1.29, 1.82) is 0 Å². The predicted molar refractivity (Wildman–Crippen MR) is 115 cm³/mol. The fourth-order valence-electron chi connectivity index (χ4n) is 2.64. The van der Waals surface area contributed by atoms with Gasteiger partial charge in [0.15, 0.2) is 5.76 Å². The van der Waals surface area contributed by atoms with Gasteiger partial charge in [0, 0.05) is 20.8 Å². The second kappa shape index (κ2) is 7.90. The number of hydrogen-bond donors (Lipinski definition) is 0. The molecule has 2 aromatic carbocycles. The minimum Gasteiger partial charge on any atom is -0.454 e. The SMILES string of the molecule is C=CCN=c1scc(-c2cc3ccccc3o2)n1/N=C/c1ccccc1Br. The van der Waals surface area contributed by atoms with Crippen molar-refractivity contribution in [2.75, 3.05) is 6.54 Å². The van der Waals surface area contributed by atoms with Crippen LogP contribution >= 0.6 is 27.3 Å². The number of benzene rings is 2. The highest BCUT2D eigenvalue weighted by molar-refractivity contribution is 9.10. The third-order valence-electron chi connectivity index (χ3n) is 3.94. The number of fused-ring (bicyclic) bond motifs is 1. The molecule has 4 aromatic rings. The Kier molecular flexibility index (Phi) is 5.18. The van der Waals surface area contributed by atoms with Gasteiger partial charge in [0.05, 0.1) is 12.8 Å². The summed E-state index contributed by atoms with van der Waals surface area (Å²) in [7, 11) is 0. The molecular formula is C21H16BrN3OS. The first-order valence-electron chi connectivity index (χ1n) is 8.36. The first kappa shape index (κ1) is 17.7. The summed E-state index contributed by atoms with van der Waals surface area (Å²) < 4.78 is 8.83. The molecule has 27 heavy (non-hydrogen) atoms. The van der Waals surface area contributed by atoms with E-state index in [0.29, 0.717) is 6.54 Å². The summed E-state index contributed by atoms with van der Waals surface area (Å²) in [4.78, 5) is 5.34. The molecule has 134 valence electrons. The molecule has 0 spiro atoms. The molecule has 0 fully saturated rings. The zero-order valence-corrected chi connectivity index (χ0v) is 16.8. The van der Waals surface area contributed by atoms with Gasteiger partial charge in [-0.2, -0.15) is 5.10 Å². The molecular weight excluding hydrogens is 422 g/mol. The average molecular weight is 438 g/mol.